The summed E-state index contributed by atoms with van der Waals surface area (Å²) in [5.41, 5.74) is 6.23. The predicted octanol–water partition coefficient (Wildman–Crippen LogP) is 2.14. The van der Waals surface area contributed by atoms with Crippen molar-refractivity contribution in [3.05, 3.63) is 23.2 Å². The summed E-state index contributed by atoms with van der Waals surface area (Å²) in [6, 6.07) is 4.56. The van der Waals surface area contributed by atoms with E-state index in [2.05, 4.69) is 10.1 Å². The van der Waals surface area contributed by atoms with Crippen molar-refractivity contribution in [2.75, 3.05) is 24.3 Å². The Balaban J connectivity index is 2.47. The SMILES string of the molecule is Nc1ccc(Cl)cc1NC(=O)COCC(F)F. The zero-order valence-corrected chi connectivity index (χ0v) is 9.51. The molecule has 0 aromatic heterocycles. The summed E-state index contributed by atoms with van der Waals surface area (Å²) in [6.45, 7) is -1.24. The van der Waals surface area contributed by atoms with Crippen LogP contribution in [-0.2, 0) is 9.53 Å². The second-order valence-corrected chi connectivity index (χ2v) is 3.62. The van der Waals surface area contributed by atoms with Crippen LogP contribution in [0.5, 0.6) is 0 Å². The predicted molar refractivity (Wildman–Crippen MR) is 61.3 cm³/mol. The average Bonchev–Trinajstić information content (AvgIpc) is 2.23. The molecule has 0 saturated carbocycles. The molecule has 0 aliphatic carbocycles. The highest BCUT2D eigenvalue weighted by molar-refractivity contribution is 6.31. The van der Waals surface area contributed by atoms with E-state index in [1.54, 1.807) is 6.07 Å². The van der Waals surface area contributed by atoms with Crippen molar-refractivity contribution >= 4 is 28.9 Å². The molecule has 0 saturated heterocycles. The number of nitrogens with two attached hydrogens (primary N) is 1. The second-order valence-electron chi connectivity index (χ2n) is 3.19. The average molecular weight is 265 g/mol. The highest BCUT2D eigenvalue weighted by atomic mass is 35.5. The number of anilines is 2. The first kappa shape index (κ1) is 13.7. The molecule has 17 heavy (non-hydrogen) atoms. The largest absolute Gasteiger partial charge is 0.397 e. The molecular weight excluding hydrogens is 254 g/mol. The first-order chi connectivity index (χ1) is 7.99. The van der Waals surface area contributed by atoms with Gasteiger partial charge in [0.15, 0.2) is 0 Å². The molecule has 0 unspecified atom stereocenters. The van der Waals surface area contributed by atoms with E-state index in [-0.39, 0.29) is 0 Å². The van der Waals surface area contributed by atoms with Crippen LogP contribution in [-0.4, -0.2) is 25.5 Å². The third-order valence-electron chi connectivity index (χ3n) is 1.77. The molecule has 0 bridgehead atoms. The summed E-state index contributed by atoms with van der Waals surface area (Å²) in [5, 5.41) is 2.81. The van der Waals surface area contributed by atoms with E-state index in [9.17, 15) is 13.6 Å². The van der Waals surface area contributed by atoms with Crippen molar-refractivity contribution in [3.8, 4) is 0 Å². The molecule has 1 rings (SSSR count). The lowest BCUT2D eigenvalue weighted by atomic mass is 10.2. The van der Waals surface area contributed by atoms with Gasteiger partial charge in [-0.15, -0.1) is 0 Å². The number of rotatable bonds is 5. The van der Waals surface area contributed by atoms with Crippen LogP contribution in [0, 0.1) is 0 Å². The molecule has 1 aromatic rings. The van der Waals surface area contributed by atoms with Crippen LogP contribution in [0.1, 0.15) is 0 Å². The van der Waals surface area contributed by atoms with Gasteiger partial charge in [0.2, 0.25) is 5.91 Å². The zero-order chi connectivity index (χ0) is 12.8. The quantitative estimate of drug-likeness (QED) is 0.801. The third kappa shape index (κ3) is 4.97. The number of carbonyl (C=O) groups is 1. The van der Waals surface area contributed by atoms with E-state index in [1.807, 2.05) is 0 Å². The summed E-state index contributed by atoms with van der Waals surface area (Å²) in [5.74, 6) is -0.570. The maximum atomic E-state index is 11.7. The third-order valence-corrected chi connectivity index (χ3v) is 2.00. The maximum Gasteiger partial charge on any atom is 0.261 e. The number of nitrogen functional groups attached to an aromatic ring is 1. The minimum Gasteiger partial charge on any atom is -0.397 e. The molecule has 0 heterocycles. The number of hydrogen-bond donors (Lipinski definition) is 2. The molecular formula is C10H11ClF2N2O2. The summed E-state index contributed by atoms with van der Waals surface area (Å²) < 4.78 is 27.9. The Bertz CT molecular complexity index is 402. The van der Waals surface area contributed by atoms with E-state index < -0.39 is 25.5 Å². The Morgan fingerprint density at radius 2 is 2.24 bits per heavy atom. The van der Waals surface area contributed by atoms with Crippen LogP contribution in [0.15, 0.2) is 18.2 Å². The highest BCUT2D eigenvalue weighted by Crippen LogP contribution is 2.22. The fourth-order valence-corrected chi connectivity index (χ4v) is 1.24. The Morgan fingerprint density at radius 3 is 2.88 bits per heavy atom. The smallest absolute Gasteiger partial charge is 0.261 e. The Morgan fingerprint density at radius 1 is 1.53 bits per heavy atom. The minimum atomic E-state index is -2.60. The monoisotopic (exact) mass is 264 g/mol. The first-order valence-corrected chi connectivity index (χ1v) is 5.07. The molecule has 0 aliphatic heterocycles. The van der Waals surface area contributed by atoms with Crippen molar-refractivity contribution in [2.45, 2.75) is 6.43 Å². The lowest BCUT2D eigenvalue weighted by molar-refractivity contribution is -0.121. The van der Waals surface area contributed by atoms with Crippen molar-refractivity contribution in [1.82, 2.24) is 0 Å². The number of carbonyl (C=O) groups excluding carboxylic acids is 1. The van der Waals surface area contributed by atoms with E-state index in [1.165, 1.54) is 12.1 Å². The van der Waals surface area contributed by atoms with Crippen LogP contribution in [0.2, 0.25) is 5.02 Å². The van der Waals surface area contributed by atoms with Crippen LogP contribution >= 0.6 is 11.6 Å². The van der Waals surface area contributed by atoms with Gasteiger partial charge in [-0.2, -0.15) is 0 Å². The van der Waals surface area contributed by atoms with Gasteiger partial charge in [0, 0.05) is 5.02 Å². The van der Waals surface area contributed by atoms with Gasteiger partial charge in [-0.05, 0) is 18.2 Å². The molecule has 94 valence electrons. The number of halogens is 3. The maximum absolute atomic E-state index is 11.7. The van der Waals surface area contributed by atoms with Crippen LogP contribution in [0.3, 0.4) is 0 Å². The molecule has 0 fully saturated rings. The fraction of sp³-hybridized carbons (Fsp3) is 0.300. The number of amides is 1. The van der Waals surface area contributed by atoms with Crippen molar-refractivity contribution in [1.29, 1.82) is 0 Å². The van der Waals surface area contributed by atoms with Gasteiger partial charge in [-0.3, -0.25) is 4.79 Å². The van der Waals surface area contributed by atoms with Crippen molar-refractivity contribution in [3.63, 3.8) is 0 Å². The number of nitrogens with one attached hydrogen (secondary N) is 1. The summed E-state index contributed by atoms with van der Waals surface area (Å²) in [6.07, 6.45) is -2.60. The lowest BCUT2D eigenvalue weighted by Gasteiger charge is -2.08. The number of alkyl halides is 2. The van der Waals surface area contributed by atoms with Gasteiger partial charge in [-0.25, -0.2) is 8.78 Å². The molecule has 3 N–H and O–H groups in total. The number of ether oxygens (including phenoxy) is 1. The van der Waals surface area contributed by atoms with Crippen LogP contribution in [0.25, 0.3) is 0 Å². The molecule has 7 heteroatoms. The zero-order valence-electron chi connectivity index (χ0n) is 8.75. The van der Waals surface area contributed by atoms with E-state index in [0.717, 1.165) is 0 Å². The van der Waals surface area contributed by atoms with E-state index >= 15 is 0 Å². The van der Waals surface area contributed by atoms with Gasteiger partial charge in [0.1, 0.15) is 13.2 Å². The van der Waals surface area contributed by atoms with Crippen molar-refractivity contribution < 1.29 is 18.3 Å². The van der Waals surface area contributed by atoms with E-state index in [4.69, 9.17) is 17.3 Å². The van der Waals surface area contributed by atoms with E-state index in [0.29, 0.717) is 16.4 Å². The topological polar surface area (TPSA) is 64.3 Å². The highest BCUT2D eigenvalue weighted by Gasteiger charge is 2.08. The van der Waals surface area contributed by atoms with Gasteiger partial charge >= 0.3 is 0 Å². The van der Waals surface area contributed by atoms with Gasteiger partial charge in [0.25, 0.3) is 6.43 Å². The molecule has 0 aliphatic rings. The second kappa shape index (κ2) is 6.36. The Labute approximate surface area is 102 Å². The van der Waals surface area contributed by atoms with Crippen LogP contribution < -0.4 is 11.1 Å². The summed E-state index contributed by atoms with van der Waals surface area (Å²) in [7, 11) is 0. The van der Waals surface area contributed by atoms with Crippen molar-refractivity contribution in [2.24, 2.45) is 0 Å². The Kier molecular flexibility index (Phi) is 5.11. The van der Waals surface area contributed by atoms with Gasteiger partial charge < -0.3 is 15.8 Å². The number of hydrogen-bond acceptors (Lipinski definition) is 3. The standard InChI is InChI=1S/C10H11ClF2N2O2/c11-6-1-2-7(14)8(3-6)15-10(16)5-17-4-9(12)13/h1-3,9H,4-5,14H2,(H,15,16). The summed E-state index contributed by atoms with van der Waals surface area (Å²) >= 11 is 5.71. The number of benzene rings is 1. The molecule has 0 atom stereocenters. The minimum absolute atomic E-state index is 0.322. The molecule has 0 spiro atoms. The molecule has 1 amide bonds. The fourth-order valence-electron chi connectivity index (χ4n) is 1.06. The molecule has 0 radical (unpaired) electrons. The lowest BCUT2D eigenvalue weighted by Crippen LogP contribution is -2.20. The molecule has 1 aromatic carbocycles. The Hall–Kier alpha value is -1.40. The van der Waals surface area contributed by atoms with Crippen LogP contribution in [0.4, 0.5) is 20.2 Å². The first-order valence-electron chi connectivity index (χ1n) is 4.70. The molecule has 4 nitrogen and oxygen atoms in total. The van der Waals surface area contributed by atoms with Gasteiger partial charge in [-0.1, -0.05) is 11.6 Å². The normalized spacial score (nSPS) is 10.6. The summed E-state index contributed by atoms with van der Waals surface area (Å²) in [4.78, 5) is 11.3. The van der Waals surface area contributed by atoms with Gasteiger partial charge in [0.05, 0.1) is 11.4 Å².